The number of rotatable bonds is 6. The van der Waals surface area contributed by atoms with E-state index in [-0.39, 0.29) is 5.91 Å². The van der Waals surface area contributed by atoms with E-state index in [0.29, 0.717) is 12.5 Å². The summed E-state index contributed by atoms with van der Waals surface area (Å²) < 4.78 is 0. The molecule has 4 heteroatoms. The van der Waals surface area contributed by atoms with E-state index in [9.17, 15) is 4.79 Å². The highest BCUT2D eigenvalue weighted by atomic mass is 16.1. The number of nitrogens with one attached hydrogen (secondary N) is 1. The zero-order valence-electron chi connectivity index (χ0n) is 17.7. The van der Waals surface area contributed by atoms with Crippen molar-refractivity contribution in [2.75, 3.05) is 37.6 Å². The summed E-state index contributed by atoms with van der Waals surface area (Å²) in [6.07, 6.45) is 0. The molecule has 4 nitrogen and oxygen atoms in total. The van der Waals surface area contributed by atoms with Gasteiger partial charge in [-0.2, -0.15) is 0 Å². The molecule has 1 fully saturated rings. The molecule has 28 heavy (non-hydrogen) atoms. The fourth-order valence-corrected chi connectivity index (χ4v) is 3.55. The minimum Gasteiger partial charge on any atom is -0.369 e. The second-order valence-corrected chi connectivity index (χ2v) is 8.34. The summed E-state index contributed by atoms with van der Waals surface area (Å²) >= 11 is 0. The van der Waals surface area contributed by atoms with Crippen molar-refractivity contribution in [3.63, 3.8) is 0 Å². The van der Waals surface area contributed by atoms with Crippen molar-refractivity contribution < 1.29 is 4.79 Å². The van der Waals surface area contributed by atoms with Gasteiger partial charge in [0, 0.05) is 50.5 Å². The van der Waals surface area contributed by atoms with Gasteiger partial charge < -0.3 is 10.2 Å². The van der Waals surface area contributed by atoms with Gasteiger partial charge in [0.25, 0.3) is 5.91 Å². The Hall–Kier alpha value is -2.33. The Morgan fingerprint density at radius 2 is 1.75 bits per heavy atom. The van der Waals surface area contributed by atoms with Crippen molar-refractivity contribution in [2.24, 2.45) is 5.92 Å². The van der Waals surface area contributed by atoms with Crippen molar-refractivity contribution in [1.82, 2.24) is 10.2 Å². The topological polar surface area (TPSA) is 35.6 Å². The first-order valence-electron chi connectivity index (χ1n) is 10.3. The molecule has 0 saturated carbocycles. The van der Waals surface area contributed by atoms with E-state index in [1.807, 2.05) is 18.2 Å². The molecule has 0 spiro atoms. The van der Waals surface area contributed by atoms with Crippen LogP contribution in [0.1, 0.15) is 40.9 Å². The van der Waals surface area contributed by atoms with Crippen LogP contribution in [-0.2, 0) is 6.54 Å². The van der Waals surface area contributed by atoms with E-state index in [2.05, 4.69) is 67.1 Å². The summed E-state index contributed by atoms with van der Waals surface area (Å²) in [5.41, 5.74) is 5.99. The molecule has 0 unspecified atom stereocenters. The fourth-order valence-electron chi connectivity index (χ4n) is 3.55. The maximum absolute atomic E-state index is 12.3. The highest BCUT2D eigenvalue weighted by Gasteiger charge is 2.18. The summed E-state index contributed by atoms with van der Waals surface area (Å²) in [6.45, 7) is 14.3. The van der Waals surface area contributed by atoms with Crippen molar-refractivity contribution in [3.8, 4) is 0 Å². The molecule has 1 saturated heterocycles. The monoisotopic (exact) mass is 379 g/mol. The normalized spacial score (nSPS) is 15.1. The second kappa shape index (κ2) is 9.24. The molecule has 0 atom stereocenters. The standard InChI is InChI=1S/C24H33N3O/c1-18(2)16-25-24(28)22-7-5-6-21(15-22)17-26-10-12-27(13-11-26)23-9-8-19(3)20(4)14-23/h5-9,14-15,18H,10-13,16-17H2,1-4H3,(H,25,28). The quantitative estimate of drug-likeness (QED) is 0.824. The summed E-state index contributed by atoms with van der Waals surface area (Å²) in [4.78, 5) is 17.3. The molecule has 1 aliphatic rings. The minimum absolute atomic E-state index is 0.0233. The Morgan fingerprint density at radius 1 is 1.00 bits per heavy atom. The Bertz CT molecular complexity index is 807. The van der Waals surface area contributed by atoms with Gasteiger partial charge >= 0.3 is 0 Å². The van der Waals surface area contributed by atoms with Crippen LogP contribution in [0.15, 0.2) is 42.5 Å². The third kappa shape index (κ3) is 5.35. The molecular weight excluding hydrogens is 346 g/mol. The fraction of sp³-hybridized carbons (Fsp3) is 0.458. The number of hydrogen-bond acceptors (Lipinski definition) is 3. The van der Waals surface area contributed by atoms with Gasteiger partial charge in [-0.1, -0.05) is 32.0 Å². The Kier molecular flexibility index (Phi) is 6.74. The number of hydrogen-bond donors (Lipinski definition) is 1. The van der Waals surface area contributed by atoms with E-state index >= 15 is 0 Å². The number of nitrogens with zero attached hydrogens (tertiary/aromatic N) is 2. The first kappa shape index (κ1) is 20.4. The molecule has 0 aliphatic carbocycles. The van der Waals surface area contributed by atoms with Crippen molar-refractivity contribution in [1.29, 1.82) is 0 Å². The molecule has 1 aliphatic heterocycles. The molecule has 1 amide bonds. The summed E-state index contributed by atoms with van der Waals surface area (Å²) in [5, 5.41) is 3.00. The lowest BCUT2D eigenvalue weighted by molar-refractivity contribution is 0.0949. The predicted molar refractivity (Wildman–Crippen MR) is 117 cm³/mol. The number of aryl methyl sites for hydroxylation is 2. The number of benzene rings is 2. The van der Waals surface area contributed by atoms with Crippen LogP contribution in [-0.4, -0.2) is 43.5 Å². The molecule has 1 heterocycles. The number of amides is 1. The van der Waals surface area contributed by atoms with Gasteiger partial charge in [0.1, 0.15) is 0 Å². The van der Waals surface area contributed by atoms with Gasteiger partial charge in [0.2, 0.25) is 0 Å². The van der Waals surface area contributed by atoms with Crippen LogP contribution in [0.2, 0.25) is 0 Å². The molecule has 0 aromatic heterocycles. The van der Waals surface area contributed by atoms with Crippen LogP contribution in [0.25, 0.3) is 0 Å². The molecule has 150 valence electrons. The minimum atomic E-state index is 0.0233. The van der Waals surface area contributed by atoms with Crippen LogP contribution in [0, 0.1) is 19.8 Å². The van der Waals surface area contributed by atoms with Gasteiger partial charge in [-0.05, 0) is 60.7 Å². The summed E-state index contributed by atoms with van der Waals surface area (Å²) in [7, 11) is 0. The van der Waals surface area contributed by atoms with Crippen LogP contribution >= 0.6 is 0 Å². The summed E-state index contributed by atoms with van der Waals surface area (Å²) in [6, 6.07) is 14.8. The largest absolute Gasteiger partial charge is 0.369 e. The smallest absolute Gasteiger partial charge is 0.251 e. The van der Waals surface area contributed by atoms with Crippen LogP contribution in [0.5, 0.6) is 0 Å². The molecule has 2 aromatic rings. The van der Waals surface area contributed by atoms with Gasteiger partial charge in [0.15, 0.2) is 0 Å². The van der Waals surface area contributed by atoms with Crippen LogP contribution in [0.4, 0.5) is 5.69 Å². The van der Waals surface area contributed by atoms with E-state index < -0.39 is 0 Å². The molecular formula is C24H33N3O. The first-order valence-corrected chi connectivity index (χ1v) is 10.3. The van der Waals surface area contributed by atoms with Crippen LogP contribution in [0.3, 0.4) is 0 Å². The lowest BCUT2D eigenvalue weighted by Crippen LogP contribution is -2.46. The number of anilines is 1. The molecule has 0 radical (unpaired) electrons. The molecule has 3 rings (SSSR count). The third-order valence-corrected chi connectivity index (χ3v) is 5.49. The Morgan fingerprint density at radius 3 is 2.43 bits per heavy atom. The van der Waals surface area contributed by atoms with Crippen molar-refractivity contribution in [3.05, 3.63) is 64.7 Å². The zero-order chi connectivity index (χ0) is 20.1. The summed E-state index contributed by atoms with van der Waals surface area (Å²) in [5.74, 6) is 0.482. The maximum atomic E-state index is 12.3. The Labute approximate surface area is 169 Å². The average molecular weight is 380 g/mol. The van der Waals surface area contributed by atoms with Gasteiger partial charge in [-0.15, -0.1) is 0 Å². The van der Waals surface area contributed by atoms with Crippen molar-refractivity contribution >= 4 is 11.6 Å². The lowest BCUT2D eigenvalue weighted by atomic mass is 10.1. The van der Waals surface area contributed by atoms with E-state index in [4.69, 9.17) is 0 Å². The second-order valence-electron chi connectivity index (χ2n) is 8.34. The van der Waals surface area contributed by atoms with Crippen LogP contribution < -0.4 is 10.2 Å². The first-order chi connectivity index (χ1) is 13.4. The average Bonchev–Trinajstić information content (AvgIpc) is 2.69. The van der Waals surface area contributed by atoms with E-state index in [0.717, 1.165) is 38.3 Å². The third-order valence-electron chi connectivity index (χ3n) is 5.49. The molecule has 2 aromatic carbocycles. The van der Waals surface area contributed by atoms with E-state index in [1.165, 1.54) is 22.4 Å². The van der Waals surface area contributed by atoms with Gasteiger partial charge in [-0.25, -0.2) is 0 Å². The number of piperazine rings is 1. The predicted octanol–water partition coefficient (Wildman–Crippen LogP) is 4.01. The molecule has 1 N–H and O–H groups in total. The number of carbonyl (C=O) groups is 1. The van der Waals surface area contributed by atoms with E-state index in [1.54, 1.807) is 0 Å². The lowest BCUT2D eigenvalue weighted by Gasteiger charge is -2.36. The highest BCUT2D eigenvalue weighted by Crippen LogP contribution is 2.21. The Balaban J connectivity index is 1.55. The maximum Gasteiger partial charge on any atom is 0.251 e. The number of carbonyl (C=O) groups excluding carboxylic acids is 1. The highest BCUT2D eigenvalue weighted by molar-refractivity contribution is 5.94. The molecule has 0 bridgehead atoms. The zero-order valence-corrected chi connectivity index (χ0v) is 17.7. The van der Waals surface area contributed by atoms with Crippen molar-refractivity contribution in [2.45, 2.75) is 34.2 Å². The SMILES string of the molecule is Cc1ccc(N2CCN(Cc3cccc(C(=O)NCC(C)C)c3)CC2)cc1C. The van der Waals surface area contributed by atoms with Gasteiger partial charge in [0.05, 0.1) is 0 Å². The van der Waals surface area contributed by atoms with Gasteiger partial charge in [-0.3, -0.25) is 9.69 Å².